The van der Waals surface area contributed by atoms with Gasteiger partial charge in [-0.3, -0.25) is 4.79 Å². The monoisotopic (exact) mass is 493 g/mol. The molecule has 0 atom stereocenters. The molecular weight excluding hydrogens is 482 g/mol. The molecule has 1 amide bonds. The van der Waals surface area contributed by atoms with Gasteiger partial charge in [0.1, 0.15) is 15.6 Å². The normalized spacial score (nSPS) is 11.0. The van der Waals surface area contributed by atoms with Gasteiger partial charge in [-0.25, -0.2) is 10.4 Å². The molecule has 0 radical (unpaired) electrons. The maximum atomic E-state index is 12.4. The van der Waals surface area contributed by atoms with Crippen LogP contribution in [0.4, 0.5) is 0 Å². The highest BCUT2D eigenvalue weighted by Crippen LogP contribution is 2.32. The first-order valence-corrected chi connectivity index (χ1v) is 9.90. The van der Waals surface area contributed by atoms with Crippen LogP contribution in [0.25, 0.3) is 10.6 Å². The van der Waals surface area contributed by atoms with E-state index < -0.39 is 0 Å². The van der Waals surface area contributed by atoms with E-state index in [0.29, 0.717) is 25.1 Å². The van der Waals surface area contributed by atoms with E-state index >= 15 is 0 Å². The summed E-state index contributed by atoms with van der Waals surface area (Å²) in [5.41, 5.74) is 4.87. The van der Waals surface area contributed by atoms with E-state index in [-0.39, 0.29) is 11.7 Å². The Labute approximate surface area is 171 Å². The van der Waals surface area contributed by atoms with Crippen LogP contribution in [0, 0.1) is 6.92 Å². The number of aromatic hydroxyl groups is 1. The number of rotatable bonds is 4. The molecule has 3 rings (SSSR count). The molecule has 2 aromatic carbocycles. The van der Waals surface area contributed by atoms with E-state index in [9.17, 15) is 9.90 Å². The second-order valence-electron chi connectivity index (χ2n) is 5.33. The number of hydrogen-bond donors (Lipinski definition) is 2. The van der Waals surface area contributed by atoms with Crippen molar-refractivity contribution in [2.45, 2.75) is 6.92 Å². The van der Waals surface area contributed by atoms with E-state index in [1.807, 2.05) is 30.3 Å². The SMILES string of the molecule is Cc1nc(-c2ccccc2)sc1C(=O)NN=Cc1cc(Br)c(O)c(Br)c1. The largest absolute Gasteiger partial charge is 0.506 e. The van der Waals surface area contributed by atoms with Gasteiger partial charge in [-0.15, -0.1) is 11.3 Å². The number of nitrogens with zero attached hydrogens (tertiary/aromatic N) is 2. The quantitative estimate of drug-likeness (QED) is 0.390. The molecule has 1 aromatic heterocycles. The summed E-state index contributed by atoms with van der Waals surface area (Å²) < 4.78 is 1.07. The molecule has 0 saturated heterocycles. The Morgan fingerprint density at radius 1 is 1.23 bits per heavy atom. The van der Waals surface area contributed by atoms with E-state index in [2.05, 4.69) is 47.4 Å². The van der Waals surface area contributed by atoms with Crippen molar-refractivity contribution in [3.8, 4) is 16.3 Å². The van der Waals surface area contributed by atoms with Crippen molar-refractivity contribution in [2.75, 3.05) is 0 Å². The summed E-state index contributed by atoms with van der Waals surface area (Å²) in [6.07, 6.45) is 1.50. The molecular formula is C18H13Br2N3O2S. The molecule has 5 nitrogen and oxygen atoms in total. The van der Waals surface area contributed by atoms with Gasteiger partial charge in [-0.2, -0.15) is 5.10 Å². The van der Waals surface area contributed by atoms with Gasteiger partial charge < -0.3 is 5.11 Å². The first kappa shape index (κ1) is 18.8. The van der Waals surface area contributed by atoms with Crippen LogP contribution in [0.2, 0.25) is 0 Å². The molecule has 8 heteroatoms. The van der Waals surface area contributed by atoms with Crippen LogP contribution in [0.1, 0.15) is 20.9 Å². The molecule has 3 aromatic rings. The lowest BCUT2D eigenvalue weighted by Crippen LogP contribution is -2.17. The fourth-order valence-corrected chi connectivity index (χ4v) is 4.37. The van der Waals surface area contributed by atoms with Gasteiger partial charge in [0, 0.05) is 5.56 Å². The number of aromatic nitrogens is 1. The van der Waals surface area contributed by atoms with Crippen LogP contribution in [-0.4, -0.2) is 22.2 Å². The topological polar surface area (TPSA) is 74.6 Å². The van der Waals surface area contributed by atoms with Crippen molar-refractivity contribution < 1.29 is 9.90 Å². The summed E-state index contributed by atoms with van der Waals surface area (Å²) in [5, 5.41) is 14.5. The smallest absolute Gasteiger partial charge is 0.283 e. The highest BCUT2D eigenvalue weighted by molar-refractivity contribution is 9.11. The van der Waals surface area contributed by atoms with E-state index in [0.717, 1.165) is 10.6 Å². The minimum absolute atomic E-state index is 0.111. The van der Waals surface area contributed by atoms with Crippen LogP contribution < -0.4 is 5.43 Å². The van der Waals surface area contributed by atoms with Gasteiger partial charge in [-0.05, 0) is 56.5 Å². The number of phenols is 1. The minimum atomic E-state index is -0.310. The van der Waals surface area contributed by atoms with E-state index in [4.69, 9.17) is 0 Å². The van der Waals surface area contributed by atoms with Gasteiger partial charge in [0.25, 0.3) is 5.91 Å². The summed E-state index contributed by atoms with van der Waals surface area (Å²) >= 11 is 7.84. The number of carbonyl (C=O) groups excluding carboxylic acids is 1. The summed E-state index contributed by atoms with van der Waals surface area (Å²) in [6, 6.07) is 13.1. The van der Waals surface area contributed by atoms with Crippen LogP contribution in [0.3, 0.4) is 0 Å². The average Bonchev–Trinajstić information content (AvgIpc) is 3.02. The predicted molar refractivity (Wildman–Crippen MR) is 111 cm³/mol. The Morgan fingerprint density at radius 3 is 2.54 bits per heavy atom. The lowest BCUT2D eigenvalue weighted by molar-refractivity contribution is 0.0958. The predicted octanol–water partition coefficient (Wildman–Crippen LogP) is 5.11. The number of hydrazone groups is 1. The van der Waals surface area contributed by atoms with Gasteiger partial charge >= 0.3 is 0 Å². The zero-order chi connectivity index (χ0) is 18.7. The molecule has 0 fully saturated rings. The minimum Gasteiger partial charge on any atom is -0.506 e. The summed E-state index contributed by atoms with van der Waals surface area (Å²) in [6.45, 7) is 1.80. The first-order chi connectivity index (χ1) is 12.5. The van der Waals surface area contributed by atoms with Crippen molar-refractivity contribution in [1.82, 2.24) is 10.4 Å². The Kier molecular flexibility index (Phi) is 5.85. The fraction of sp³-hybridized carbons (Fsp3) is 0.0556. The Balaban J connectivity index is 1.74. The van der Waals surface area contributed by atoms with Crippen molar-refractivity contribution in [1.29, 1.82) is 0 Å². The summed E-state index contributed by atoms with van der Waals surface area (Å²) in [4.78, 5) is 17.4. The number of carbonyl (C=O) groups is 1. The van der Waals surface area contributed by atoms with Crippen molar-refractivity contribution >= 4 is 55.3 Å². The highest BCUT2D eigenvalue weighted by Gasteiger charge is 2.15. The van der Waals surface area contributed by atoms with Crippen molar-refractivity contribution in [3.63, 3.8) is 0 Å². The van der Waals surface area contributed by atoms with Crippen molar-refractivity contribution in [3.05, 3.63) is 67.5 Å². The number of benzene rings is 2. The van der Waals surface area contributed by atoms with Crippen molar-refractivity contribution in [2.24, 2.45) is 5.10 Å². The van der Waals surface area contributed by atoms with E-state index in [1.54, 1.807) is 19.1 Å². The summed E-state index contributed by atoms with van der Waals surface area (Å²) in [7, 11) is 0. The van der Waals surface area contributed by atoms with Gasteiger partial charge in [0.2, 0.25) is 0 Å². The number of hydrogen-bond acceptors (Lipinski definition) is 5. The van der Waals surface area contributed by atoms with Gasteiger partial charge in [0.15, 0.2) is 0 Å². The van der Waals surface area contributed by atoms with Gasteiger partial charge in [-0.1, -0.05) is 30.3 Å². The number of nitrogens with one attached hydrogen (secondary N) is 1. The Hall–Kier alpha value is -2.03. The Bertz CT molecular complexity index is 964. The van der Waals surface area contributed by atoms with Crippen LogP contribution in [0.15, 0.2) is 56.5 Å². The zero-order valence-corrected chi connectivity index (χ0v) is 17.5. The number of aryl methyl sites for hydroxylation is 1. The second-order valence-corrected chi connectivity index (χ2v) is 8.04. The summed E-state index contributed by atoms with van der Waals surface area (Å²) in [5.74, 6) is -0.199. The molecule has 132 valence electrons. The molecule has 0 aliphatic carbocycles. The molecule has 0 bridgehead atoms. The number of thiazole rings is 1. The lowest BCUT2D eigenvalue weighted by Gasteiger charge is -2.02. The highest BCUT2D eigenvalue weighted by atomic mass is 79.9. The number of phenolic OH excluding ortho intramolecular Hbond substituents is 1. The molecule has 0 unspecified atom stereocenters. The maximum Gasteiger partial charge on any atom is 0.283 e. The zero-order valence-electron chi connectivity index (χ0n) is 13.5. The van der Waals surface area contributed by atoms with Gasteiger partial charge in [0.05, 0.1) is 20.9 Å². The van der Waals surface area contributed by atoms with Crippen LogP contribution in [0.5, 0.6) is 5.75 Å². The first-order valence-electron chi connectivity index (χ1n) is 7.50. The molecule has 0 spiro atoms. The molecule has 2 N–H and O–H groups in total. The molecule has 0 aliphatic rings. The standard InChI is InChI=1S/C18H13Br2N3O2S/c1-10-16(26-18(22-10)12-5-3-2-4-6-12)17(25)23-21-9-11-7-13(19)15(24)14(20)8-11/h2-9,24H,1H3,(H,23,25). The molecule has 0 saturated carbocycles. The lowest BCUT2D eigenvalue weighted by atomic mass is 10.2. The second kappa shape index (κ2) is 8.11. The Morgan fingerprint density at radius 2 is 1.88 bits per heavy atom. The molecule has 1 heterocycles. The van der Waals surface area contributed by atoms with Crippen LogP contribution in [-0.2, 0) is 0 Å². The number of amides is 1. The molecule has 26 heavy (non-hydrogen) atoms. The fourth-order valence-electron chi connectivity index (χ4n) is 2.19. The maximum absolute atomic E-state index is 12.4. The average molecular weight is 495 g/mol. The third-order valence-corrected chi connectivity index (χ3v) is 5.86. The third kappa shape index (κ3) is 4.20. The van der Waals surface area contributed by atoms with Crippen LogP contribution >= 0.6 is 43.2 Å². The van der Waals surface area contributed by atoms with E-state index in [1.165, 1.54) is 17.6 Å². The molecule has 0 aliphatic heterocycles. The number of halogens is 2. The third-order valence-electron chi connectivity index (χ3n) is 3.44.